The van der Waals surface area contributed by atoms with E-state index in [0.29, 0.717) is 23.8 Å². The SMILES string of the molecule is CN=C(NCCc1cc(F)ccc1F)NCc1cc(OC)ccc1OC(F)F. The molecule has 2 aromatic rings. The number of ether oxygens (including phenoxy) is 2. The molecule has 0 aromatic heterocycles. The van der Waals surface area contributed by atoms with E-state index in [1.807, 2.05) is 0 Å². The van der Waals surface area contributed by atoms with E-state index in [-0.39, 0.29) is 24.3 Å². The van der Waals surface area contributed by atoms with Gasteiger partial charge >= 0.3 is 6.61 Å². The number of rotatable bonds is 8. The minimum absolute atomic E-state index is 0.0144. The van der Waals surface area contributed by atoms with Crippen LogP contribution < -0.4 is 20.1 Å². The Labute approximate surface area is 160 Å². The van der Waals surface area contributed by atoms with Crippen molar-refractivity contribution in [3.05, 3.63) is 59.2 Å². The molecule has 0 aliphatic carbocycles. The number of nitrogens with one attached hydrogen (secondary N) is 2. The Morgan fingerprint density at radius 1 is 1.07 bits per heavy atom. The van der Waals surface area contributed by atoms with Crippen LogP contribution in [0.3, 0.4) is 0 Å². The molecule has 9 heteroatoms. The molecule has 152 valence electrons. The van der Waals surface area contributed by atoms with Crippen molar-refractivity contribution in [2.45, 2.75) is 19.6 Å². The summed E-state index contributed by atoms with van der Waals surface area (Å²) in [5.41, 5.74) is 0.683. The lowest BCUT2D eigenvalue weighted by Crippen LogP contribution is -2.38. The number of alkyl halides is 2. The lowest BCUT2D eigenvalue weighted by Gasteiger charge is -2.15. The molecule has 0 amide bonds. The molecular weight excluding hydrogens is 378 g/mol. The molecule has 0 atom stereocenters. The lowest BCUT2D eigenvalue weighted by molar-refractivity contribution is -0.0505. The van der Waals surface area contributed by atoms with Crippen LogP contribution in [0.25, 0.3) is 0 Å². The molecule has 2 aromatic carbocycles. The summed E-state index contributed by atoms with van der Waals surface area (Å²) in [6, 6.07) is 7.75. The maximum Gasteiger partial charge on any atom is 0.387 e. The van der Waals surface area contributed by atoms with Crippen molar-refractivity contribution < 1.29 is 27.0 Å². The minimum Gasteiger partial charge on any atom is -0.497 e. The summed E-state index contributed by atoms with van der Waals surface area (Å²) in [4.78, 5) is 4.01. The van der Waals surface area contributed by atoms with Crippen LogP contribution in [0.4, 0.5) is 17.6 Å². The molecule has 0 saturated carbocycles. The van der Waals surface area contributed by atoms with Gasteiger partial charge in [0.15, 0.2) is 5.96 Å². The van der Waals surface area contributed by atoms with Gasteiger partial charge in [-0.25, -0.2) is 8.78 Å². The second-order valence-corrected chi connectivity index (χ2v) is 5.69. The zero-order valence-corrected chi connectivity index (χ0v) is 15.4. The Bertz CT molecular complexity index is 816. The summed E-state index contributed by atoms with van der Waals surface area (Å²) in [6.45, 7) is -2.53. The Kier molecular flexibility index (Phi) is 7.91. The summed E-state index contributed by atoms with van der Waals surface area (Å²) in [7, 11) is 2.99. The Morgan fingerprint density at radius 3 is 2.54 bits per heavy atom. The van der Waals surface area contributed by atoms with Crippen LogP contribution in [-0.4, -0.2) is 33.3 Å². The van der Waals surface area contributed by atoms with E-state index in [4.69, 9.17) is 4.74 Å². The monoisotopic (exact) mass is 399 g/mol. The zero-order chi connectivity index (χ0) is 20.5. The van der Waals surface area contributed by atoms with E-state index in [0.717, 1.165) is 18.2 Å². The highest BCUT2D eigenvalue weighted by molar-refractivity contribution is 5.79. The van der Waals surface area contributed by atoms with Crippen LogP contribution in [0.1, 0.15) is 11.1 Å². The first kappa shape index (κ1) is 21.3. The van der Waals surface area contributed by atoms with Crippen LogP contribution in [0, 0.1) is 11.6 Å². The summed E-state index contributed by atoms with van der Waals surface area (Å²) in [5.74, 6) is -0.133. The highest BCUT2D eigenvalue weighted by atomic mass is 19.3. The van der Waals surface area contributed by atoms with Crippen LogP contribution in [-0.2, 0) is 13.0 Å². The Balaban J connectivity index is 1.95. The smallest absolute Gasteiger partial charge is 0.387 e. The molecule has 0 saturated heterocycles. The molecule has 28 heavy (non-hydrogen) atoms. The number of hydrogen-bond donors (Lipinski definition) is 2. The van der Waals surface area contributed by atoms with E-state index >= 15 is 0 Å². The first-order valence-electron chi connectivity index (χ1n) is 8.43. The van der Waals surface area contributed by atoms with Crippen molar-refractivity contribution in [2.24, 2.45) is 4.99 Å². The molecule has 2 rings (SSSR count). The fraction of sp³-hybridized carbons (Fsp3) is 0.316. The van der Waals surface area contributed by atoms with Gasteiger partial charge in [-0.15, -0.1) is 0 Å². The predicted octanol–water partition coefficient (Wildman–Crippen LogP) is 3.48. The van der Waals surface area contributed by atoms with Crippen LogP contribution in [0.15, 0.2) is 41.4 Å². The average molecular weight is 399 g/mol. The van der Waals surface area contributed by atoms with Crippen molar-refractivity contribution in [2.75, 3.05) is 20.7 Å². The Morgan fingerprint density at radius 2 is 1.86 bits per heavy atom. The number of nitrogens with zero attached hydrogens (tertiary/aromatic N) is 1. The lowest BCUT2D eigenvalue weighted by atomic mass is 10.1. The predicted molar refractivity (Wildman–Crippen MR) is 97.9 cm³/mol. The van der Waals surface area contributed by atoms with Crippen molar-refractivity contribution in [3.63, 3.8) is 0 Å². The van der Waals surface area contributed by atoms with E-state index in [1.54, 1.807) is 6.07 Å². The van der Waals surface area contributed by atoms with Gasteiger partial charge in [0, 0.05) is 25.7 Å². The molecule has 0 spiro atoms. The second kappa shape index (κ2) is 10.4. The quantitative estimate of drug-likeness (QED) is 0.405. The van der Waals surface area contributed by atoms with Crippen LogP contribution >= 0.6 is 0 Å². The largest absolute Gasteiger partial charge is 0.497 e. The second-order valence-electron chi connectivity index (χ2n) is 5.69. The van der Waals surface area contributed by atoms with Gasteiger partial charge in [0.1, 0.15) is 23.1 Å². The van der Waals surface area contributed by atoms with Crippen molar-refractivity contribution in [3.8, 4) is 11.5 Å². The van der Waals surface area contributed by atoms with Crippen molar-refractivity contribution in [1.82, 2.24) is 10.6 Å². The van der Waals surface area contributed by atoms with E-state index in [1.165, 1.54) is 26.3 Å². The number of halogens is 4. The molecule has 5 nitrogen and oxygen atoms in total. The van der Waals surface area contributed by atoms with Crippen molar-refractivity contribution >= 4 is 5.96 Å². The molecule has 0 radical (unpaired) electrons. The molecule has 0 aliphatic rings. The van der Waals surface area contributed by atoms with Gasteiger partial charge < -0.3 is 20.1 Å². The maximum absolute atomic E-state index is 13.6. The Hall–Kier alpha value is -2.97. The number of guanidine groups is 1. The summed E-state index contributed by atoms with van der Waals surface area (Å²) in [5, 5.41) is 5.91. The molecule has 0 unspecified atom stereocenters. The molecule has 0 bridgehead atoms. The van der Waals surface area contributed by atoms with Gasteiger partial charge in [-0.1, -0.05) is 0 Å². The molecular formula is C19H21F4N3O2. The normalized spacial score (nSPS) is 11.5. The fourth-order valence-corrected chi connectivity index (χ4v) is 2.48. The summed E-state index contributed by atoms with van der Waals surface area (Å²) >= 11 is 0. The first-order valence-corrected chi connectivity index (χ1v) is 8.43. The minimum atomic E-state index is -2.95. The van der Waals surface area contributed by atoms with Gasteiger partial charge in [0.25, 0.3) is 0 Å². The average Bonchev–Trinajstić information content (AvgIpc) is 2.67. The highest BCUT2D eigenvalue weighted by Gasteiger charge is 2.12. The summed E-state index contributed by atoms with van der Waals surface area (Å²) < 4.78 is 61.6. The van der Waals surface area contributed by atoms with Crippen molar-refractivity contribution in [1.29, 1.82) is 0 Å². The van der Waals surface area contributed by atoms with Gasteiger partial charge in [-0.3, -0.25) is 4.99 Å². The number of aliphatic imine (C=N–C) groups is 1. The molecule has 0 aliphatic heterocycles. The highest BCUT2D eigenvalue weighted by Crippen LogP contribution is 2.25. The first-order chi connectivity index (χ1) is 13.4. The van der Waals surface area contributed by atoms with E-state index in [2.05, 4.69) is 20.4 Å². The van der Waals surface area contributed by atoms with Gasteiger partial charge in [-0.2, -0.15) is 8.78 Å². The maximum atomic E-state index is 13.6. The van der Waals surface area contributed by atoms with Crippen LogP contribution in [0.5, 0.6) is 11.5 Å². The standard InChI is InChI=1S/C19H21F4N3O2/c1-24-19(25-8-7-12-9-14(20)3-5-16(12)21)26-11-13-10-15(27-2)4-6-17(13)28-18(22)23/h3-6,9-10,18H,7-8,11H2,1-2H3,(H2,24,25,26). The third kappa shape index (κ3) is 6.33. The van der Waals surface area contributed by atoms with Gasteiger partial charge in [0.2, 0.25) is 0 Å². The molecule has 2 N–H and O–H groups in total. The zero-order valence-electron chi connectivity index (χ0n) is 15.4. The molecule has 0 fully saturated rings. The van der Waals surface area contributed by atoms with Gasteiger partial charge in [0.05, 0.1) is 7.11 Å². The number of benzene rings is 2. The van der Waals surface area contributed by atoms with E-state index < -0.39 is 18.2 Å². The van der Waals surface area contributed by atoms with E-state index in [9.17, 15) is 17.6 Å². The van der Waals surface area contributed by atoms with Crippen LogP contribution in [0.2, 0.25) is 0 Å². The third-order valence-electron chi connectivity index (χ3n) is 3.85. The fourth-order valence-electron chi connectivity index (χ4n) is 2.48. The molecule has 0 heterocycles. The topological polar surface area (TPSA) is 54.9 Å². The third-order valence-corrected chi connectivity index (χ3v) is 3.85. The number of methoxy groups -OCH3 is 1. The summed E-state index contributed by atoms with van der Waals surface area (Å²) in [6.07, 6.45) is 0.239. The van der Waals surface area contributed by atoms with Gasteiger partial charge in [-0.05, 0) is 48.4 Å². The number of hydrogen-bond acceptors (Lipinski definition) is 3.